The zero-order valence-electron chi connectivity index (χ0n) is 9.44. The summed E-state index contributed by atoms with van der Waals surface area (Å²) in [6.07, 6.45) is 0. The lowest BCUT2D eigenvalue weighted by atomic mass is 10.0. The predicted molar refractivity (Wildman–Crippen MR) is 58.5 cm³/mol. The molecule has 0 radical (unpaired) electrons. The van der Waals surface area contributed by atoms with Crippen LogP contribution in [0.5, 0.6) is 0 Å². The highest BCUT2D eigenvalue weighted by Crippen LogP contribution is 2.24. The quantitative estimate of drug-likeness (QED) is 0.448. The van der Waals surface area contributed by atoms with Crippen LogP contribution in [0, 0.1) is 24.0 Å². The number of nitro benzene ring substituents is 1. The minimum absolute atomic E-state index is 0.0491. The van der Waals surface area contributed by atoms with E-state index in [1.54, 1.807) is 20.8 Å². The summed E-state index contributed by atoms with van der Waals surface area (Å²) in [4.78, 5) is 21.7. The van der Waals surface area contributed by atoms with E-state index in [9.17, 15) is 14.9 Å². The molecule has 0 bridgehead atoms. The van der Waals surface area contributed by atoms with Gasteiger partial charge in [-0.15, -0.1) is 0 Å². The molecule has 0 fully saturated rings. The third-order valence-electron chi connectivity index (χ3n) is 2.18. The molecule has 1 rings (SSSR count). The third-order valence-corrected chi connectivity index (χ3v) is 2.18. The van der Waals surface area contributed by atoms with Crippen LogP contribution in [0.4, 0.5) is 5.69 Å². The molecule has 0 aliphatic carbocycles. The van der Waals surface area contributed by atoms with Crippen molar-refractivity contribution < 1.29 is 14.5 Å². The van der Waals surface area contributed by atoms with Gasteiger partial charge in [0, 0.05) is 11.1 Å². The van der Waals surface area contributed by atoms with Gasteiger partial charge < -0.3 is 4.74 Å². The van der Waals surface area contributed by atoms with Crippen LogP contribution in [0.1, 0.15) is 28.4 Å². The number of nitrogens with zero attached hydrogens (tertiary/aromatic N) is 1. The van der Waals surface area contributed by atoms with E-state index in [2.05, 4.69) is 0 Å². The summed E-state index contributed by atoms with van der Waals surface area (Å²) in [5, 5.41) is 10.7. The SMILES string of the molecule is CCOC(=O)c1cc(C)c([N+](=O)[O-])c(C)c1. The first-order chi connectivity index (χ1) is 7.47. The first kappa shape index (κ1) is 12.2. The smallest absolute Gasteiger partial charge is 0.338 e. The Hall–Kier alpha value is -1.91. The number of hydrogen-bond donors (Lipinski definition) is 0. The van der Waals surface area contributed by atoms with Gasteiger partial charge in [-0.1, -0.05) is 0 Å². The zero-order valence-corrected chi connectivity index (χ0v) is 9.44. The monoisotopic (exact) mass is 223 g/mol. The van der Waals surface area contributed by atoms with Gasteiger partial charge >= 0.3 is 5.97 Å². The maximum absolute atomic E-state index is 11.4. The number of rotatable bonds is 3. The predicted octanol–water partition coefficient (Wildman–Crippen LogP) is 2.39. The summed E-state index contributed by atoms with van der Waals surface area (Å²) < 4.78 is 4.83. The first-order valence-electron chi connectivity index (χ1n) is 4.90. The lowest BCUT2D eigenvalue weighted by Crippen LogP contribution is -2.06. The van der Waals surface area contributed by atoms with Gasteiger partial charge in [-0.05, 0) is 32.9 Å². The Bertz CT molecular complexity index is 417. The summed E-state index contributed by atoms with van der Waals surface area (Å²) in [6, 6.07) is 2.95. The number of esters is 1. The molecule has 16 heavy (non-hydrogen) atoms. The maximum atomic E-state index is 11.4. The first-order valence-corrected chi connectivity index (χ1v) is 4.90. The van der Waals surface area contributed by atoms with Crippen molar-refractivity contribution in [2.24, 2.45) is 0 Å². The summed E-state index contributed by atoms with van der Waals surface area (Å²) in [6.45, 7) is 5.21. The van der Waals surface area contributed by atoms with E-state index < -0.39 is 10.9 Å². The topological polar surface area (TPSA) is 69.4 Å². The maximum Gasteiger partial charge on any atom is 0.338 e. The van der Waals surface area contributed by atoms with Crippen molar-refractivity contribution in [3.05, 3.63) is 38.9 Å². The summed E-state index contributed by atoms with van der Waals surface area (Å²) in [5.41, 5.74) is 1.33. The highest BCUT2D eigenvalue weighted by atomic mass is 16.6. The fourth-order valence-corrected chi connectivity index (χ4v) is 1.58. The van der Waals surface area contributed by atoms with Crippen LogP contribution in [0.25, 0.3) is 0 Å². The molecule has 1 aromatic carbocycles. The number of ether oxygens (including phenoxy) is 1. The molecule has 86 valence electrons. The molecule has 5 nitrogen and oxygen atoms in total. The van der Waals surface area contributed by atoms with Crippen LogP contribution >= 0.6 is 0 Å². The Labute approximate surface area is 93.2 Å². The van der Waals surface area contributed by atoms with Gasteiger partial charge in [0.25, 0.3) is 5.69 Å². The van der Waals surface area contributed by atoms with Gasteiger partial charge in [0.05, 0.1) is 17.1 Å². The summed E-state index contributed by atoms with van der Waals surface area (Å²) in [5.74, 6) is -0.455. The van der Waals surface area contributed by atoms with Crippen LogP contribution in [-0.2, 0) is 4.74 Å². The molecule has 0 aliphatic heterocycles. The second-order valence-electron chi connectivity index (χ2n) is 3.44. The average molecular weight is 223 g/mol. The van der Waals surface area contributed by atoms with Crippen LogP contribution in [-0.4, -0.2) is 17.5 Å². The molecule has 0 aliphatic rings. The molecule has 0 saturated heterocycles. The van der Waals surface area contributed by atoms with Crippen molar-refractivity contribution in [3.8, 4) is 0 Å². The molecular weight excluding hydrogens is 210 g/mol. The molecule has 0 unspecified atom stereocenters. The van der Waals surface area contributed by atoms with Gasteiger partial charge in [0.2, 0.25) is 0 Å². The Morgan fingerprint density at radius 1 is 1.38 bits per heavy atom. The standard InChI is InChI=1S/C11H13NO4/c1-4-16-11(13)9-5-7(2)10(12(14)15)8(3)6-9/h5-6H,4H2,1-3H3. The van der Waals surface area contributed by atoms with E-state index in [-0.39, 0.29) is 12.3 Å². The summed E-state index contributed by atoms with van der Waals surface area (Å²) >= 11 is 0. The van der Waals surface area contributed by atoms with Crippen LogP contribution < -0.4 is 0 Å². The molecule has 0 heterocycles. The largest absolute Gasteiger partial charge is 0.462 e. The molecule has 1 aromatic rings. The molecule has 0 aromatic heterocycles. The number of benzene rings is 1. The van der Waals surface area contributed by atoms with E-state index in [1.165, 1.54) is 12.1 Å². The number of aryl methyl sites for hydroxylation is 2. The molecule has 0 spiro atoms. The Morgan fingerprint density at radius 2 is 1.88 bits per heavy atom. The molecule has 0 saturated carbocycles. The number of carbonyl (C=O) groups excluding carboxylic acids is 1. The zero-order chi connectivity index (χ0) is 12.3. The van der Waals surface area contributed by atoms with Crippen molar-refractivity contribution >= 4 is 11.7 Å². The molecule has 0 N–H and O–H groups in total. The lowest BCUT2D eigenvalue weighted by molar-refractivity contribution is -0.386. The second kappa shape index (κ2) is 4.74. The fourth-order valence-electron chi connectivity index (χ4n) is 1.58. The van der Waals surface area contributed by atoms with Crippen molar-refractivity contribution in [3.63, 3.8) is 0 Å². The van der Waals surface area contributed by atoms with Crippen LogP contribution in [0.2, 0.25) is 0 Å². The minimum atomic E-state index is -0.455. The number of carbonyl (C=O) groups is 1. The Kier molecular flexibility index (Phi) is 3.60. The van der Waals surface area contributed by atoms with Crippen molar-refractivity contribution in [1.82, 2.24) is 0 Å². The highest BCUT2D eigenvalue weighted by molar-refractivity contribution is 5.90. The normalized spacial score (nSPS) is 9.94. The van der Waals surface area contributed by atoms with Crippen molar-refractivity contribution in [1.29, 1.82) is 0 Å². The fraction of sp³-hybridized carbons (Fsp3) is 0.364. The van der Waals surface area contributed by atoms with E-state index in [4.69, 9.17) is 4.74 Å². The van der Waals surface area contributed by atoms with Crippen molar-refractivity contribution in [2.45, 2.75) is 20.8 Å². The number of nitro groups is 1. The average Bonchev–Trinajstić information content (AvgIpc) is 2.16. The molecule has 0 atom stereocenters. The van der Waals surface area contributed by atoms with Crippen LogP contribution in [0.3, 0.4) is 0 Å². The highest BCUT2D eigenvalue weighted by Gasteiger charge is 2.18. The summed E-state index contributed by atoms with van der Waals surface area (Å²) in [7, 11) is 0. The van der Waals surface area contributed by atoms with E-state index >= 15 is 0 Å². The van der Waals surface area contributed by atoms with Crippen LogP contribution in [0.15, 0.2) is 12.1 Å². The van der Waals surface area contributed by atoms with Gasteiger partial charge in [0.15, 0.2) is 0 Å². The van der Waals surface area contributed by atoms with E-state index in [1.807, 2.05) is 0 Å². The lowest BCUT2D eigenvalue weighted by Gasteiger charge is -2.05. The van der Waals surface area contributed by atoms with Gasteiger partial charge in [-0.25, -0.2) is 4.79 Å². The number of hydrogen-bond acceptors (Lipinski definition) is 4. The second-order valence-corrected chi connectivity index (χ2v) is 3.44. The van der Waals surface area contributed by atoms with E-state index in [0.29, 0.717) is 16.7 Å². The minimum Gasteiger partial charge on any atom is -0.462 e. The third kappa shape index (κ3) is 2.36. The molecular formula is C11H13NO4. The van der Waals surface area contributed by atoms with E-state index in [0.717, 1.165) is 0 Å². The van der Waals surface area contributed by atoms with Gasteiger partial charge in [-0.3, -0.25) is 10.1 Å². The molecule has 5 heteroatoms. The Balaban J connectivity index is 3.19. The van der Waals surface area contributed by atoms with Gasteiger partial charge in [-0.2, -0.15) is 0 Å². The Morgan fingerprint density at radius 3 is 2.25 bits per heavy atom. The van der Waals surface area contributed by atoms with Crippen molar-refractivity contribution in [2.75, 3.05) is 6.61 Å². The van der Waals surface area contributed by atoms with Gasteiger partial charge in [0.1, 0.15) is 0 Å². The molecule has 0 amide bonds.